The molecule has 0 aromatic heterocycles. The van der Waals surface area contributed by atoms with E-state index in [-0.39, 0.29) is 0 Å². The van der Waals surface area contributed by atoms with Crippen LogP contribution >= 0.6 is 11.8 Å². The highest BCUT2D eigenvalue weighted by Gasteiger charge is 2.18. The molecule has 1 aliphatic rings. The van der Waals surface area contributed by atoms with E-state index in [9.17, 15) is 0 Å². The van der Waals surface area contributed by atoms with Crippen molar-refractivity contribution in [2.75, 3.05) is 24.6 Å². The molecule has 1 fully saturated rings. The second-order valence-electron chi connectivity index (χ2n) is 6.24. The maximum absolute atomic E-state index is 3.50. The maximum atomic E-state index is 3.50. The molecule has 1 aromatic rings. The summed E-state index contributed by atoms with van der Waals surface area (Å²) < 4.78 is 0. The summed E-state index contributed by atoms with van der Waals surface area (Å²) in [4.78, 5) is 2.60. The summed E-state index contributed by atoms with van der Waals surface area (Å²) in [6.45, 7) is 11.2. The molecule has 3 heteroatoms. The van der Waals surface area contributed by atoms with Gasteiger partial charge in [-0.25, -0.2) is 0 Å². The van der Waals surface area contributed by atoms with E-state index >= 15 is 0 Å². The number of rotatable bonds is 6. The predicted molar refractivity (Wildman–Crippen MR) is 90.2 cm³/mol. The zero-order valence-electron chi connectivity index (χ0n) is 13.1. The van der Waals surface area contributed by atoms with Gasteiger partial charge in [0.1, 0.15) is 0 Å². The van der Waals surface area contributed by atoms with Crippen LogP contribution in [0.2, 0.25) is 0 Å². The molecule has 1 unspecified atom stereocenters. The lowest BCUT2D eigenvalue weighted by Gasteiger charge is -2.33. The second kappa shape index (κ2) is 8.06. The quantitative estimate of drug-likeness (QED) is 0.865. The minimum atomic E-state index is 0.709. The summed E-state index contributed by atoms with van der Waals surface area (Å²) in [5, 5.41) is 3.50. The first kappa shape index (κ1) is 15.9. The first-order valence-corrected chi connectivity index (χ1v) is 8.91. The molecule has 0 spiro atoms. The van der Waals surface area contributed by atoms with E-state index in [0.29, 0.717) is 12.0 Å². The Morgan fingerprint density at radius 3 is 2.60 bits per heavy atom. The van der Waals surface area contributed by atoms with Gasteiger partial charge in [-0.05, 0) is 30.5 Å². The summed E-state index contributed by atoms with van der Waals surface area (Å²) in [6, 6.07) is 9.83. The van der Waals surface area contributed by atoms with E-state index < -0.39 is 0 Å². The van der Waals surface area contributed by atoms with Crippen LogP contribution in [0, 0.1) is 5.92 Å². The average molecular weight is 292 g/mol. The number of hydrogen-bond donors (Lipinski definition) is 1. The zero-order chi connectivity index (χ0) is 14.4. The Bertz CT molecular complexity index is 388. The highest BCUT2D eigenvalue weighted by atomic mass is 32.2. The molecule has 2 nitrogen and oxygen atoms in total. The van der Waals surface area contributed by atoms with Crippen LogP contribution in [-0.2, 0) is 13.1 Å². The van der Waals surface area contributed by atoms with Crippen molar-refractivity contribution in [3.8, 4) is 0 Å². The first-order chi connectivity index (χ1) is 9.65. The highest BCUT2D eigenvalue weighted by Crippen LogP contribution is 2.18. The van der Waals surface area contributed by atoms with Gasteiger partial charge in [0.15, 0.2) is 0 Å². The molecule has 1 heterocycles. The van der Waals surface area contributed by atoms with Gasteiger partial charge < -0.3 is 5.32 Å². The van der Waals surface area contributed by atoms with Crippen LogP contribution < -0.4 is 5.32 Å². The van der Waals surface area contributed by atoms with Gasteiger partial charge >= 0.3 is 0 Å². The summed E-state index contributed by atoms with van der Waals surface area (Å²) >= 11 is 2.08. The Hall–Kier alpha value is -0.510. The van der Waals surface area contributed by atoms with Gasteiger partial charge in [-0.1, -0.05) is 38.1 Å². The van der Waals surface area contributed by atoms with Crippen LogP contribution in [0.1, 0.15) is 31.9 Å². The van der Waals surface area contributed by atoms with Crippen molar-refractivity contribution in [3.05, 3.63) is 35.4 Å². The minimum Gasteiger partial charge on any atom is -0.312 e. The number of thioether (sulfide) groups is 1. The van der Waals surface area contributed by atoms with Crippen molar-refractivity contribution in [2.24, 2.45) is 5.92 Å². The normalized spacial score (nSPS) is 20.5. The smallest absolute Gasteiger partial charge is 0.0237 e. The van der Waals surface area contributed by atoms with Crippen LogP contribution in [0.3, 0.4) is 0 Å². The Kier molecular flexibility index (Phi) is 6.40. The molecule has 2 rings (SSSR count). The Labute approximate surface area is 128 Å². The largest absolute Gasteiger partial charge is 0.312 e. The highest BCUT2D eigenvalue weighted by molar-refractivity contribution is 7.99. The van der Waals surface area contributed by atoms with E-state index in [4.69, 9.17) is 0 Å². The third-order valence-corrected chi connectivity index (χ3v) is 4.98. The molecule has 0 bridgehead atoms. The van der Waals surface area contributed by atoms with Crippen LogP contribution in [0.4, 0.5) is 0 Å². The fourth-order valence-electron chi connectivity index (χ4n) is 2.50. The predicted octanol–water partition coefficient (Wildman–Crippen LogP) is 3.37. The van der Waals surface area contributed by atoms with Gasteiger partial charge in [0.05, 0.1) is 0 Å². The number of nitrogens with one attached hydrogen (secondary N) is 1. The number of nitrogens with zero attached hydrogens (tertiary/aromatic N) is 1. The molecule has 112 valence electrons. The van der Waals surface area contributed by atoms with Crippen molar-refractivity contribution >= 4 is 11.8 Å². The molecular formula is C17H28N2S. The summed E-state index contributed by atoms with van der Waals surface area (Å²) in [5.41, 5.74) is 2.83. The monoisotopic (exact) mass is 292 g/mol. The van der Waals surface area contributed by atoms with Gasteiger partial charge in [0.25, 0.3) is 0 Å². The molecule has 1 aromatic carbocycles. The molecular weight excluding hydrogens is 264 g/mol. The van der Waals surface area contributed by atoms with E-state index in [1.165, 1.54) is 29.2 Å². The van der Waals surface area contributed by atoms with Crippen LogP contribution in [0.25, 0.3) is 0 Å². The van der Waals surface area contributed by atoms with E-state index in [0.717, 1.165) is 19.6 Å². The van der Waals surface area contributed by atoms with Gasteiger partial charge in [-0.15, -0.1) is 0 Å². The molecule has 0 aliphatic carbocycles. The van der Waals surface area contributed by atoms with E-state index in [1.807, 2.05) is 0 Å². The number of hydrogen-bond acceptors (Lipinski definition) is 3. The fraction of sp³-hybridized carbons (Fsp3) is 0.647. The van der Waals surface area contributed by atoms with E-state index in [1.54, 1.807) is 0 Å². The molecule has 1 N–H and O–H groups in total. The third kappa shape index (κ3) is 5.12. The number of benzene rings is 1. The molecule has 0 saturated carbocycles. The van der Waals surface area contributed by atoms with Crippen LogP contribution in [0.15, 0.2) is 24.3 Å². The summed E-state index contributed by atoms with van der Waals surface area (Å²) in [7, 11) is 0. The molecule has 20 heavy (non-hydrogen) atoms. The second-order valence-corrected chi connectivity index (χ2v) is 7.39. The Balaban J connectivity index is 1.81. The van der Waals surface area contributed by atoms with Gasteiger partial charge in [0, 0.05) is 37.2 Å². The van der Waals surface area contributed by atoms with Gasteiger partial charge in [-0.2, -0.15) is 11.8 Å². The van der Waals surface area contributed by atoms with Crippen LogP contribution in [0.5, 0.6) is 0 Å². The molecule has 0 radical (unpaired) electrons. The first-order valence-electron chi connectivity index (χ1n) is 7.75. The lowest BCUT2D eigenvalue weighted by Crippen LogP contribution is -2.39. The summed E-state index contributed by atoms with van der Waals surface area (Å²) in [5.74, 6) is 3.27. The van der Waals surface area contributed by atoms with Crippen molar-refractivity contribution in [1.82, 2.24) is 10.2 Å². The molecule has 1 aliphatic heterocycles. The maximum Gasteiger partial charge on any atom is 0.0237 e. The van der Waals surface area contributed by atoms with Gasteiger partial charge in [-0.3, -0.25) is 4.90 Å². The fourth-order valence-corrected chi connectivity index (χ4v) is 3.58. The Morgan fingerprint density at radius 2 is 1.95 bits per heavy atom. The Morgan fingerprint density at radius 1 is 1.25 bits per heavy atom. The van der Waals surface area contributed by atoms with Crippen molar-refractivity contribution in [1.29, 1.82) is 0 Å². The minimum absolute atomic E-state index is 0.709. The molecule has 1 saturated heterocycles. The SMILES string of the molecule is CC(C)CNCc1ccc(CN2CCSCC2C)cc1. The lowest BCUT2D eigenvalue weighted by molar-refractivity contribution is 0.224. The third-order valence-electron chi connectivity index (χ3n) is 3.80. The standard InChI is InChI=1S/C17H28N2S/c1-14(2)10-18-11-16-4-6-17(7-5-16)12-19-8-9-20-13-15(19)3/h4-7,14-15,18H,8-13H2,1-3H3. The zero-order valence-corrected chi connectivity index (χ0v) is 13.9. The van der Waals surface area contributed by atoms with Gasteiger partial charge in [0.2, 0.25) is 0 Å². The molecule has 0 amide bonds. The van der Waals surface area contributed by atoms with Crippen molar-refractivity contribution in [2.45, 2.75) is 39.9 Å². The topological polar surface area (TPSA) is 15.3 Å². The lowest BCUT2D eigenvalue weighted by atomic mass is 10.1. The average Bonchev–Trinajstić information content (AvgIpc) is 2.43. The summed E-state index contributed by atoms with van der Waals surface area (Å²) in [6.07, 6.45) is 0. The van der Waals surface area contributed by atoms with E-state index in [2.05, 4.69) is 67.0 Å². The molecule has 1 atom stereocenters. The van der Waals surface area contributed by atoms with Crippen LogP contribution in [-0.4, -0.2) is 35.5 Å². The van der Waals surface area contributed by atoms with Crippen molar-refractivity contribution in [3.63, 3.8) is 0 Å². The van der Waals surface area contributed by atoms with Crippen molar-refractivity contribution < 1.29 is 0 Å².